The summed E-state index contributed by atoms with van der Waals surface area (Å²) >= 11 is 0. The molecule has 0 radical (unpaired) electrons. The Morgan fingerprint density at radius 3 is 2.29 bits per heavy atom. The topological polar surface area (TPSA) is 89.1 Å². The van der Waals surface area contributed by atoms with E-state index < -0.39 is 12.5 Å². The predicted octanol–water partition coefficient (Wildman–Crippen LogP) is 3.38. The zero-order chi connectivity index (χ0) is 25.2. The van der Waals surface area contributed by atoms with Crippen LogP contribution in [0.25, 0.3) is 0 Å². The van der Waals surface area contributed by atoms with E-state index in [-0.39, 0.29) is 35.6 Å². The maximum atomic E-state index is 12.5. The van der Waals surface area contributed by atoms with E-state index in [1.807, 2.05) is 24.3 Å². The van der Waals surface area contributed by atoms with Crippen LogP contribution >= 0.6 is 0 Å². The van der Waals surface area contributed by atoms with Crippen LogP contribution in [0.2, 0.25) is 0 Å². The van der Waals surface area contributed by atoms with E-state index in [9.17, 15) is 18.4 Å². The van der Waals surface area contributed by atoms with Crippen molar-refractivity contribution in [1.29, 1.82) is 0 Å². The number of carbonyl (C=O) groups is 2. The third-order valence-electron chi connectivity index (χ3n) is 5.88. The monoisotopic (exact) mass is 491 g/mol. The second-order valence-electron chi connectivity index (χ2n) is 8.12. The van der Waals surface area contributed by atoms with Gasteiger partial charge in [0.1, 0.15) is 5.75 Å². The molecule has 1 atom stereocenters. The van der Waals surface area contributed by atoms with Crippen LogP contribution < -0.4 is 24.8 Å². The minimum atomic E-state index is -3.01. The number of ether oxygens (including phenoxy) is 3. The number of nitrogens with zero attached hydrogens (tertiary/aromatic N) is 1. The van der Waals surface area contributed by atoms with E-state index in [0.29, 0.717) is 6.54 Å². The van der Waals surface area contributed by atoms with E-state index in [4.69, 9.17) is 9.47 Å². The third-order valence-corrected chi connectivity index (χ3v) is 5.88. The largest absolute Gasteiger partial charge is 0.497 e. The molecule has 2 amide bonds. The molecule has 2 N–H and O–H groups in total. The number of carbonyl (C=O) groups excluding carboxylic acids is 2. The van der Waals surface area contributed by atoms with E-state index in [1.54, 1.807) is 7.11 Å². The Labute approximate surface area is 203 Å². The summed E-state index contributed by atoms with van der Waals surface area (Å²) in [6.45, 7) is -0.938. The van der Waals surface area contributed by atoms with Crippen molar-refractivity contribution in [3.05, 3.63) is 53.6 Å². The standard InChI is InChI=1S/C25H31F2N3O5/c1-33-19-9-6-17(7-10-19)20(30-12-4-3-5-13-30)15-28-23(31)16-29-24(32)18-8-11-21(35-25(26)27)22(14-18)34-2/h6-11,14,20,25H,3-5,12-13,15-16H2,1-2H3,(H,28,31)(H,29,32). The quantitative estimate of drug-likeness (QED) is 0.501. The highest BCUT2D eigenvalue weighted by atomic mass is 19.3. The summed E-state index contributed by atoms with van der Waals surface area (Å²) < 4.78 is 39.6. The highest BCUT2D eigenvalue weighted by Gasteiger charge is 2.23. The van der Waals surface area contributed by atoms with Crippen molar-refractivity contribution < 1.29 is 32.6 Å². The van der Waals surface area contributed by atoms with Gasteiger partial charge in [-0.3, -0.25) is 14.5 Å². The second kappa shape index (κ2) is 12.9. The van der Waals surface area contributed by atoms with Crippen molar-refractivity contribution in [2.45, 2.75) is 31.9 Å². The number of hydrogen-bond acceptors (Lipinski definition) is 6. The summed E-state index contributed by atoms with van der Waals surface area (Å²) in [7, 11) is 2.90. The fraction of sp³-hybridized carbons (Fsp3) is 0.440. The van der Waals surface area contributed by atoms with Crippen LogP contribution in [-0.2, 0) is 4.79 Å². The molecule has 1 aliphatic rings. The Morgan fingerprint density at radius 2 is 1.66 bits per heavy atom. The van der Waals surface area contributed by atoms with Crippen molar-refractivity contribution >= 4 is 11.8 Å². The number of halogens is 2. The van der Waals surface area contributed by atoms with Crippen molar-refractivity contribution in [2.75, 3.05) is 40.4 Å². The van der Waals surface area contributed by atoms with Gasteiger partial charge >= 0.3 is 6.61 Å². The minimum absolute atomic E-state index is 0.00694. The van der Waals surface area contributed by atoms with Gasteiger partial charge in [0.05, 0.1) is 26.8 Å². The molecule has 190 valence electrons. The Kier molecular flexibility index (Phi) is 9.66. The zero-order valence-corrected chi connectivity index (χ0v) is 19.9. The van der Waals surface area contributed by atoms with Gasteiger partial charge in [0.2, 0.25) is 5.91 Å². The lowest BCUT2D eigenvalue weighted by atomic mass is 10.0. The molecule has 0 spiro atoms. The maximum Gasteiger partial charge on any atom is 0.387 e. The van der Waals surface area contributed by atoms with Gasteiger partial charge in [-0.1, -0.05) is 18.6 Å². The lowest BCUT2D eigenvalue weighted by Gasteiger charge is -2.35. The Morgan fingerprint density at radius 1 is 0.943 bits per heavy atom. The van der Waals surface area contributed by atoms with E-state index in [0.717, 1.165) is 37.2 Å². The second-order valence-corrected chi connectivity index (χ2v) is 8.12. The van der Waals surface area contributed by atoms with Gasteiger partial charge in [-0.05, 0) is 61.8 Å². The number of amides is 2. The van der Waals surface area contributed by atoms with E-state index in [1.165, 1.54) is 31.7 Å². The summed E-state index contributed by atoms with van der Waals surface area (Å²) in [5, 5.41) is 5.46. The van der Waals surface area contributed by atoms with Crippen LogP contribution in [-0.4, -0.2) is 63.7 Å². The molecule has 10 heteroatoms. The van der Waals surface area contributed by atoms with Crippen LogP contribution in [0, 0.1) is 0 Å². The number of nitrogens with one attached hydrogen (secondary N) is 2. The summed E-state index contributed by atoms with van der Waals surface area (Å²) in [5.74, 6) is -0.294. The summed E-state index contributed by atoms with van der Waals surface area (Å²) in [4.78, 5) is 27.3. The highest BCUT2D eigenvalue weighted by Crippen LogP contribution is 2.29. The zero-order valence-electron chi connectivity index (χ0n) is 19.9. The van der Waals surface area contributed by atoms with Gasteiger partial charge in [0.25, 0.3) is 5.91 Å². The predicted molar refractivity (Wildman–Crippen MR) is 126 cm³/mol. The molecule has 8 nitrogen and oxygen atoms in total. The molecular formula is C25H31F2N3O5. The van der Waals surface area contributed by atoms with Gasteiger partial charge < -0.3 is 24.8 Å². The molecule has 1 unspecified atom stereocenters. The number of methoxy groups -OCH3 is 2. The molecule has 1 saturated heterocycles. The number of rotatable bonds is 11. The number of benzene rings is 2. The molecule has 0 aromatic heterocycles. The normalized spacial score (nSPS) is 14.8. The molecule has 2 aromatic carbocycles. The first-order valence-electron chi connectivity index (χ1n) is 11.5. The molecule has 3 rings (SSSR count). The van der Waals surface area contributed by atoms with E-state index in [2.05, 4.69) is 20.3 Å². The summed E-state index contributed by atoms with van der Waals surface area (Å²) in [6.07, 6.45) is 3.42. The maximum absolute atomic E-state index is 12.5. The lowest BCUT2D eigenvalue weighted by molar-refractivity contribution is -0.120. The molecule has 2 aromatic rings. The fourth-order valence-corrected chi connectivity index (χ4v) is 4.05. The van der Waals surface area contributed by atoms with Crippen LogP contribution in [0.5, 0.6) is 17.2 Å². The molecule has 1 heterocycles. The highest BCUT2D eigenvalue weighted by molar-refractivity contribution is 5.97. The van der Waals surface area contributed by atoms with E-state index >= 15 is 0 Å². The van der Waals surface area contributed by atoms with Crippen molar-refractivity contribution in [3.63, 3.8) is 0 Å². The molecule has 1 aliphatic heterocycles. The smallest absolute Gasteiger partial charge is 0.387 e. The summed E-state index contributed by atoms with van der Waals surface area (Å²) in [6, 6.07) is 11.6. The number of likely N-dealkylation sites (tertiary alicyclic amines) is 1. The van der Waals surface area contributed by atoms with Crippen LogP contribution in [0.3, 0.4) is 0 Å². The first-order valence-corrected chi connectivity index (χ1v) is 11.5. The third kappa shape index (κ3) is 7.54. The number of hydrogen-bond donors (Lipinski definition) is 2. The van der Waals surface area contributed by atoms with Gasteiger partial charge in [-0.2, -0.15) is 8.78 Å². The van der Waals surface area contributed by atoms with Gasteiger partial charge in [-0.25, -0.2) is 0 Å². The van der Waals surface area contributed by atoms with Crippen LogP contribution in [0.4, 0.5) is 8.78 Å². The molecule has 0 saturated carbocycles. The summed E-state index contributed by atoms with van der Waals surface area (Å²) in [5.41, 5.74) is 1.23. The van der Waals surface area contributed by atoms with Gasteiger partial charge in [0.15, 0.2) is 11.5 Å². The van der Waals surface area contributed by atoms with Crippen LogP contribution in [0.15, 0.2) is 42.5 Å². The number of piperidine rings is 1. The average molecular weight is 492 g/mol. The average Bonchev–Trinajstić information content (AvgIpc) is 2.88. The van der Waals surface area contributed by atoms with Crippen molar-refractivity contribution in [1.82, 2.24) is 15.5 Å². The van der Waals surface area contributed by atoms with Gasteiger partial charge in [0, 0.05) is 12.1 Å². The SMILES string of the molecule is COc1ccc(C(CNC(=O)CNC(=O)c2ccc(OC(F)F)c(OC)c2)N2CCCCC2)cc1. The van der Waals surface area contributed by atoms with Crippen molar-refractivity contribution in [3.8, 4) is 17.2 Å². The van der Waals surface area contributed by atoms with Crippen LogP contribution in [0.1, 0.15) is 41.2 Å². The molecule has 1 fully saturated rings. The number of alkyl halides is 2. The Balaban J connectivity index is 1.57. The first-order chi connectivity index (χ1) is 16.9. The Hall–Kier alpha value is -3.40. The minimum Gasteiger partial charge on any atom is -0.497 e. The fourth-order valence-electron chi connectivity index (χ4n) is 4.05. The van der Waals surface area contributed by atoms with Crippen molar-refractivity contribution in [2.24, 2.45) is 0 Å². The molecule has 0 aliphatic carbocycles. The van der Waals surface area contributed by atoms with Gasteiger partial charge in [-0.15, -0.1) is 0 Å². The Bertz CT molecular complexity index is 982. The lowest BCUT2D eigenvalue weighted by Crippen LogP contribution is -2.43. The molecule has 0 bridgehead atoms. The first kappa shape index (κ1) is 26.2. The molecule has 35 heavy (non-hydrogen) atoms. The molecular weight excluding hydrogens is 460 g/mol.